The molecular formula is C14H15F2NO3S. The van der Waals surface area contributed by atoms with Gasteiger partial charge in [-0.1, -0.05) is 0 Å². The van der Waals surface area contributed by atoms with E-state index in [4.69, 9.17) is 5.11 Å². The summed E-state index contributed by atoms with van der Waals surface area (Å²) in [6, 6.07) is 1.28. The molecule has 1 heterocycles. The molecule has 0 atom stereocenters. The summed E-state index contributed by atoms with van der Waals surface area (Å²) in [4.78, 5) is 22.9. The van der Waals surface area contributed by atoms with Crippen LogP contribution in [-0.2, 0) is 4.79 Å². The molecule has 7 heteroatoms. The number of amides is 1. The highest BCUT2D eigenvalue weighted by Crippen LogP contribution is 2.26. The molecule has 4 nitrogen and oxygen atoms in total. The number of anilines is 1. The zero-order chi connectivity index (χ0) is 15.4. The molecule has 1 aromatic carbocycles. The molecule has 0 spiro atoms. The highest BCUT2D eigenvalue weighted by Gasteiger charge is 2.20. The molecule has 1 aliphatic rings. The predicted octanol–water partition coefficient (Wildman–Crippen LogP) is 3.13. The Balaban J connectivity index is 2.09. The number of carbonyl (C=O) groups excluding carboxylic acids is 1. The van der Waals surface area contributed by atoms with Crippen molar-refractivity contribution in [3.63, 3.8) is 0 Å². The number of hydrogen-bond donors (Lipinski definition) is 2. The van der Waals surface area contributed by atoms with Crippen LogP contribution in [0.4, 0.5) is 14.5 Å². The van der Waals surface area contributed by atoms with Crippen molar-refractivity contribution in [2.45, 2.75) is 19.3 Å². The van der Waals surface area contributed by atoms with Crippen molar-refractivity contribution in [1.82, 2.24) is 0 Å². The fourth-order valence-corrected chi connectivity index (χ4v) is 3.45. The lowest BCUT2D eigenvalue weighted by atomic mass is 9.98. The van der Waals surface area contributed by atoms with E-state index in [0.29, 0.717) is 12.1 Å². The summed E-state index contributed by atoms with van der Waals surface area (Å²) in [5.74, 6) is -1.98. The van der Waals surface area contributed by atoms with Crippen molar-refractivity contribution in [3.05, 3.63) is 29.3 Å². The highest BCUT2D eigenvalue weighted by atomic mass is 32.2. The highest BCUT2D eigenvalue weighted by molar-refractivity contribution is 7.99. The van der Waals surface area contributed by atoms with E-state index < -0.39 is 23.2 Å². The van der Waals surface area contributed by atoms with Crippen LogP contribution in [0.3, 0.4) is 0 Å². The molecule has 0 bridgehead atoms. The Morgan fingerprint density at radius 3 is 2.48 bits per heavy atom. The molecule has 1 fully saturated rings. The van der Waals surface area contributed by atoms with E-state index in [9.17, 15) is 18.4 Å². The number of carbonyl (C=O) groups is 2. The van der Waals surface area contributed by atoms with Gasteiger partial charge in [-0.3, -0.25) is 4.79 Å². The van der Waals surface area contributed by atoms with Crippen LogP contribution in [0, 0.1) is 17.6 Å². The topological polar surface area (TPSA) is 66.4 Å². The number of halogens is 2. The predicted molar refractivity (Wildman–Crippen MR) is 76.6 cm³/mol. The lowest BCUT2D eigenvalue weighted by Crippen LogP contribution is -2.21. The first-order valence-electron chi connectivity index (χ1n) is 6.57. The quantitative estimate of drug-likeness (QED) is 0.896. The Morgan fingerprint density at radius 1 is 1.24 bits per heavy atom. The largest absolute Gasteiger partial charge is 0.478 e. The molecule has 2 rings (SSSR count). The van der Waals surface area contributed by atoms with E-state index in [2.05, 4.69) is 5.32 Å². The van der Waals surface area contributed by atoms with Crippen LogP contribution in [0.15, 0.2) is 12.1 Å². The van der Waals surface area contributed by atoms with Gasteiger partial charge in [-0.25, -0.2) is 13.6 Å². The van der Waals surface area contributed by atoms with Gasteiger partial charge in [0.2, 0.25) is 5.91 Å². The molecule has 114 valence electrons. The number of benzene rings is 1. The SMILES string of the molecule is O=C(CC1CCSCC1)Nc1cc(F)c(F)cc1C(=O)O. The van der Waals surface area contributed by atoms with Crippen molar-refractivity contribution in [2.75, 3.05) is 16.8 Å². The molecule has 2 N–H and O–H groups in total. The van der Waals surface area contributed by atoms with E-state index in [1.54, 1.807) is 0 Å². The van der Waals surface area contributed by atoms with Gasteiger partial charge in [-0.05, 0) is 36.3 Å². The Labute approximate surface area is 124 Å². The molecule has 0 radical (unpaired) electrons. The number of carboxylic acids is 1. The lowest BCUT2D eigenvalue weighted by Gasteiger charge is -2.20. The second kappa shape index (κ2) is 6.89. The lowest BCUT2D eigenvalue weighted by molar-refractivity contribution is -0.117. The van der Waals surface area contributed by atoms with Gasteiger partial charge in [0, 0.05) is 12.5 Å². The standard InChI is InChI=1S/C14H15F2NO3S/c15-10-6-9(14(19)20)12(7-11(10)16)17-13(18)5-8-1-3-21-4-2-8/h6-8H,1-5H2,(H,17,18)(H,19,20). The van der Waals surface area contributed by atoms with Crippen molar-refractivity contribution >= 4 is 29.3 Å². The minimum Gasteiger partial charge on any atom is -0.478 e. The van der Waals surface area contributed by atoms with Crippen molar-refractivity contribution in [2.24, 2.45) is 5.92 Å². The Hall–Kier alpha value is -1.63. The van der Waals surface area contributed by atoms with Crippen molar-refractivity contribution < 1.29 is 23.5 Å². The van der Waals surface area contributed by atoms with Crippen LogP contribution in [0.1, 0.15) is 29.6 Å². The molecule has 21 heavy (non-hydrogen) atoms. The average molecular weight is 315 g/mol. The van der Waals surface area contributed by atoms with Gasteiger partial charge in [0.1, 0.15) is 0 Å². The molecule has 0 aromatic heterocycles. The Kier molecular flexibility index (Phi) is 5.17. The third kappa shape index (κ3) is 4.17. The minimum absolute atomic E-state index is 0.211. The summed E-state index contributed by atoms with van der Waals surface area (Å²) < 4.78 is 26.3. The van der Waals surface area contributed by atoms with E-state index in [0.717, 1.165) is 24.3 Å². The maximum atomic E-state index is 13.2. The van der Waals surface area contributed by atoms with Gasteiger partial charge in [0.15, 0.2) is 11.6 Å². The molecule has 1 amide bonds. The number of thioether (sulfide) groups is 1. The summed E-state index contributed by atoms with van der Waals surface area (Å²) in [6.07, 6.45) is 2.13. The van der Waals surface area contributed by atoms with Gasteiger partial charge >= 0.3 is 5.97 Å². The molecular weight excluding hydrogens is 300 g/mol. The third-order valence-corrected chi connectivity index (χ3v) is 4.43. The maximum absolute atomic E-state index is 13.2. The monoisotopic (exact) mass is 315 g/mol. The van der Waals surface area contributed by atoms with Crippen LogP contribution in [0.25, 0.3) is 0 Å². The molecule has 1 saturated heterocycles. The molecule has 1 aliphatic heterocycles. The first-order valence-corrected chi connectivity index (χ1v) is 7.72. The van der Waals surface area contributed by atoms with Crippen LogP contribution in [-0.4, -0.2) is 28.5 Å². The van der Waals surface area contributed by atoms with Crippen LogP contribution >= 0.6 is 11.8 Å². The fraction of sp³-hybridized carbons (Fsp3) is 0.429. The van der Waals surface area contributed by atoms with Gasteiger partial charge in [-0.2, -0.15) is 11.8 Å². The molecule has 0 saturated carbocycles. The third-order valence-electron chi connectivity index (χ3n) is 3.38. The summed E-state index contributed by atoms with van der Waals surface area (Å²) >= 11 is 1.84. The minimum atomic E-state index is -1.42. The van der Waals surface area contributed by atoms with Crippen LogP contribution in [0.5, 0.6) is 0 Å². The van der Waals surface area contributed by atoms with Crippen LogP contribution < -0.4 is 5.32 Å². The van der Waals surface area contributed by atoms with Crippen LogP contribution in [0.2, 0.25) is 0 Å². The number of aromatic carboxylic acids is 1. The molecule has 0 aliphatic carbocycles. The second-order valence-corrected chi connectivity index (χ2v) is 6.15. The van der Waals surface area contributed by atoms with E-state index in [1.807, 2.05) is 11.8 Å². The zero-order valence-electron chi connectivity index (χ0n) is 11.2. The number of carboxylic acid groups (broad SMARTS) is 1. The summed E-state index contributed by atoms with van der Waals surface area (Å²) in [7, 11) is 0. The summed E-state index contributed by atoms with van der Waals surface area (Å²) in [5.41, 5.74) is -0.668. The van der Waals surface area contributed by atoms with E-state index in [1.165, 1.54) is 0 Å². The Bertz CT molecular complexity index is 559. The summed E-state index contributed by atoms with van der Waals surface area (Å²) in [6.45, 7) is 0. The first kappa shape index (κ1) is 15.8. The van der Waals surface area contributed by atoms with Gasteiger partial charge in [-0.15, -0.1) is 0 Å². The smallest absolute Gasteiger partial charge is 0.337 e. The van der Waals surface area contributed by atoms with Gasteiger partial charge in [0.05, 0.1) is 11.3 Å². The van der Waals surface area contributed by atoms with Gasteiger partial charge in [0.25, 0.3) is 0 Å². The number of nitrogens with one attached hydrogen (secondary N) is 1. The van der Waals surface area contributed by atoms with E-state index in [-0.39, 0.29) is 23.9 Å². The average Bonchev–Trinajstić information content (AvgIpc) is 2.43. The molecule has 1 aromatic rings. The normalized spacial score (nSPS) is 15.7. The second-order valence-electron chi connectivity index (χ2n) is 4.93. The van der Waals surface area contributed by atoms with Gasteiger partial charge < -0.3 is 10.4 Å². The number of rotatable bonds is 4. The maximum Gasteiger partial charge on any atom is 0.337 e. The zero-order valence-corrected chi connectivity index (χ0v) is 12.0. The number of hydrogen-bond acceptors (Lipinski definition) is 3. The van der Waals surface area contributed by atoms with E-state index >= 15 is 0 Å². The molecule has 0 unspecified atom stereocenters. The van der Waals surface area contributed by atoms with Crippen molar-refractivity contribution in [3.8, 4) is 0 Å². The summed E-state index contributed by atoms with van der Waals surface area (Å²) in [5, 5.41) is 11.3. The Morgan fingerprint density at radius 2 is 1.86 bits per heavy atom. The fourth-order valence-electron chi connectivity index (χ4n) is 2.24. The van der Waals surface area contributed by atoms with Crippen molar-refractivity contribution in [1.29, 1.82) is 0 Å². The first-order chi connectivity index (χ1) is 9.97.